The molecule has 2 rings (SSSR count). The van der Waals surface area contributed by atoms with E-state index in [9.17, 15) is 0 Å². The van der Waals surface area contributed by atoms with Crippen LogP contribution in [0.4, 0.5) is 0 Å². The van der Waals surface area contributed by atoms with Crippen LogP contribution in [0.15, 0.2) is 12.2 Å². The van der Waals surface area contributed by atoms with Gasteiger partial charge in [0.25, 0.3) is 0 Å². The molecule has 0 bridgehead atoms. The van der Waals surface area contributed by atoms with E-state index in [1.54, 1.807) is 0 Å². The van der Waals surface area contributed by atoms with Crippen molar-refractivity contribution in [3.8, 4) is 0 Å². The molecule has 2 aliphatic rings. The molecule has 0 amide bonds. The fourth-order valence-electron chi connectivity index (χ4n) is 2.87. The normalized spacial score (nSPS) is 36.6. The third kappa shape index (κ3) is 2.03. The summed E-state index contributed by atoms with van der Waals surface area (Å²) in [5.41, 5.74) is 0. The number of allylic oxidation sites excluding steroid dienone is 1. The van der Waals surface area contributed by atoms with Crippen LogP contribution in [0.5, 0.6) is 0 Å². The van der Waals surface area contributed by atoms with Crippen LogP contribution in [0.3, 0.4) is 0 Å². The van der Waals surface area contributed by atoms with Gasteiger partial charge >= 0.3 is 0 Å². The van der Waals surface area contributed by atoms with Gasteiger partial charge < -0.3 is 5.32 Å². The molecule has 0 aromatic rings. The van der Waals surface area contributed by atoms with Gasteiger partial charge in [-0.15, -0.1) is 0 Å². The molecule has 4 unspecified atom stereocenters. The minimum atomic E-state index is 0.717. The van der Waals surface area contributed by atoms with Gasteiger partial charge in [-0.3, -0.25) is 0 Å². The summed E-state index contributed by atoms with van der Waals surface area (Å²) in [6.45, 7) is 4.60. The highest BCUT2D eigenvalue weighted by atomic mass is 15.0. The van der Waals surface area contributed by atoms with E-state index in [0.29, 0.717) is 0 Å². The first kappa shape index (κ1) is 10.2. The van der Waals surface area contributed by atoms with Crippen LogP contribution in [0, 0.1) is 11.8 Å². The third-order valence-corrected chi connectivity index (χ3v) is 3.85. The van der Waals surface area contributed by atoms with E-state index in [1.807, 2.05) is 0 Å². The van der Waals surface area contributed by atoms with Gasteiger partial charge in [0, 0.05) is 12.1 Å². The first-order chi connectivity index (χ1) is 6.81. The second-order valence-corrected chi connectivity index (χ2v) is 5.05. The number of nitrogens with one attached hydrogen (secondary N) is 1. The van der Waals surface area contributed by atoms with Crippen LogP contribution in [-0.4, -0.2) is 12.1 Å². The van der Waals surface area contributed by atoms with Crippen molar-refractivity contribution in [3.63, 3.8) is 0 Å². The van der Waals surface area contributed by atoms with E-state index in [1.165, 1.54) is 32.1 Å². The lowest BCUT2D eigenvalue weighted by molar-refractivity contribution is 0.150. The average Bonchev–Trinajstić information content (AvgIpc) is 2.53. The molecule has 0 heterocycles. The Morgan fingerprint density at radius 3 is 3.07 bits per heavy atom. The first-order valence-corrected chi connectivity index (χ1v) is 6.24. The van der Waals surface area contributed by atoms with Crippen molar-refractivity contribution in [1.29, 1.82) is 0 Å². The lowest BCUT2D eigenvalue weighted by atomic mass is 9.71. The number of unbranched alkanes of at least 4 members (excludes halogenated alkanes) is 1. The Hall–Kier alpha value is -0.300. The Morgan fingerprint density at radius 1 is 1.50 bits per heavy atom. The van der Waals surface area contributed by atoms with Gasteiger partial charge in [0.15, 0.2) is 0 Å². The summed E-state index contributed by atoms with van der Waals surface area (Å²) in [4.78, 5) is 0. The number of rotatable bonds is 5. The highest BCUT2D eigenvalue weighted by molar-refractivity contribution is 5.13. The number of hydrogen-bond acceptors (Lipinski definition) is 1. The number of fused-ring (bicyclic) bond motifs is 1. The molecular weight excluding hydrogens is 170 g/mol. The quantitative estimate of drug-likeness (QED) is 0.661. The highest BCUT2D eigenvalue weighted by Crippen LogP contribution is 2.42. The second-order valence-electron chi connectivity index (χ2n) is 5.05. The van der Waals surface area contributed by atoms with Crippen molar-refractivity contribution in [2.24, 2.45) is 11.8 Å². The molecule has 0 saturated heterocycles. The van der Waals surface area contributed by atoms with Crippen molar-refractivity contribution < 1.29 is 0 Å². The molecule has 1 heteroatoms. The fourth-order valence-corrected chi connectivity index (χ4v) is 2.87. The summed E-state index contributed by atoms with van der Waals surface area (Å²) in [7, 11) is 0. The molecule has 1 N–H and O–H groups in total. The van der Waals surface area contributed by atoms with Crippen LogP contribution in [0.2, 0.25) is 0 Å². The maximum atomic E-state index is 3.77. The first-order valence-electron chi connectivity index (χ1n) is 6.24. The number of hydrogen-bond donors (Lipinski definition) is 1. The third-order valence-electron chi connectivity index (χ3n) is 3.85. The fraction of sp³-hybridized carbons (Fsp3) is 0.846. The standard InChI is InChI=1S/C13H23N/c1-3-4-6-10(2)14-13-9-11-7-5-8-12(11)13/h5,8,10-14H,3-4,6-7,9H2,1-2H3. The summed E-state index contributed by atoms with van der Waals surface area (Å²) in [5, 5.41) is 3.77. The molecular formula is C13H23N. The van der Waals surface area contributed by atoms with E-state index in [4.69, 9.17) is 0 Å². The second kappa shape index (κ2) is 4.48. The van der Waals surface area contributed by atoms with Crippen molar-refractivity contribution in [1.82, 2.24) is 5.32 Å². The zero-order valence-electron chi connectivity index (χ0n) is 9.50. The predicted molar refractivity (Wildman–Crippen MR) is 61.3 cm³/mol. The van der Waals surface area contributed by atoms with Gasteiger partial charge in [-0.05, 0) is 38.0 Å². The van der Waals surface area contributed by atoms with E-state index in [-0.39, 0.29) is 0 Å². The smallest absolute Gasteiger partial charge is 0.0138 e. The maximum absolute atomic E-state index is 3.77. The summed E-state index contributed by atoms with van der Waals surface area (Å²) >= 11 is 0. The van der Waals surface area contributed by atoms with Crippen LogP contribution in [0.1, 0.15) is 46.0 Å². The monoisotopic (exact) mass is 193 g/mol. The summed E-state index contributed by atoms with van der Waals surface area (Å²) in [5.74, 6) is 1.87. The van der Waals surface area contributed by atoms with Crippen LogP contribution >= 0.6 is 0 Å². The molecule has 80 valence electrons. The van der Waals surface area contributed by atoms with Gasteiger partial charge in [-0.1, -0.05) is 31.9 Å². The lowest BCUT2D eigenvalue weighted by Gasteiger charge is -2.42. The molecule has 0 spiro atoms. The van der Waals surface area contributed by atoms with Crippen molar-refractivity contribution >= 4 is 0 Å². The molecule has 1 fully saturated rings. The molecule has 1 nitrogen and oxygen atoms in total. The minimum Gasteiger partial charge on any atom is -0.311 e. The average molecular weight is 193 g/mol. The molecule has 2 aliphatic carbocycles. The van der Waals surface area contributed by atoms with Gasteiger partial charge in [0.2, 0.25) is 0 Å². The Balaban J connectivity index is 1.68. The van der Waals surface area contributed by atoms with Gasteiger partial charge in [0.05, 0.1) is 0 Å². The van der Waals surface area contributed by atoms with Crippen LogP contribution in [-0.2, 0) is 0 Å². The van der Waals surface area contributed by atoms with E-state index < -0.39 is 0 Å². The molecule has 1 saturated carbocycles. The largest absolute Gasteiger partial charge is 0.311 e. The lowest BCUT2D eigenvalue weighted by Crippen LogP contribution is -2.51. The Labute approximate surface area is 88.0 Å². The molecule has 0 radical (unpaired) electrons. The molecule has 14 heavy (non-hydrogen) atoms. The Morgan fingerprint density at radius 2 is 2.36 bits per heavy atom. The van der Waals surface area contributed by atoms with Crippen molar-refractivity contribution in [3.05, 3.63) is 12.2 Å². The van der Waals surface area contributed by atoms with E-state index in [2.05, 4.69) is 31.3 Å². The minimum absolute atomic E-state index is 0.717. The van der Waals surface area contributed by atoms with Crippen LogP contribution in [0.25, 0.3) is 0 Å². The zero-order valence-corrected chi connectivity index (χ0v) is 9.50. The highest BCUT2D eigenvalue weighted by Gasteiger charge is 2.40. The van der Waals surface area contributed by atoms with Crippen LogP contribution < -0.4 is 5.32 Å². The van der Waals surface area contributed by atoms with E-state index >= 15 is 0 Å². The molecule has 0 aromatic heterocycles. The van der Waals surface area contributed by atoms with Crippen molar-refractivity contribution in [2.45, 2.75) is 58.0 Å². The van der Waals surface area contributed by atoms with E-state index in [0.717, 1.165) is 23.9 Å². The summed E-state index contributed by atoms with van der Waals surface area (Å²) in [6.07, 6.45) is 11.6. The molecule has 0 aromatic carbocycles. The molecule has 0 aliphatic heterocycles. The molecule has 4 atom stereocenters. The van der Waals surface area contributed by atoms with Gasteiger partial charge in [-0.25, -0.2) is 0 Å². The summed E-state index contributed by atoms with van der Waals surface area (Å²) < 4.78 is 0. The Bertz CT molecular complexity index is 209. The maximum Gasteiger partial charge on any atom is 0.0138 e. The topological polar surface area (TPSA) is 12.0 Å². The zero-order chi connectivity index (χ0) is 9.97. The van der Waals surface area contributed by atoms with Gasteiger partial charge in [-0.2, -0.15) is 0 Å². The SMILES string of the molecule is CCCCC(C)NC1CC2CC=CC21. The van der Waals surface area contributed by atoms with Gasteiger partial charge in [0.1, 0.15) is 0 Å². The van der Waals surface area contributed by atoms with Crippen molar-refractivity contribution in [2.75, 3.05) is 0 Å². The predicted octanol–water partition coefficient (Wildman–Crippen LogP) is 3.12. The summed E-state index contributed by atoms with van der Waals surface area (Å²) in [6, 6.07) is 1.51. The Kier molecular flexibility index (Phi) is 3.27.